The number of carbonyl (C=O) groups is 1. The summed E-state index contributed by atoms with van der Waals surface area (Å²) < 4.78 is 5.47. The van der Waals surface area contributed by atoms with Gasteiger partial charge in [0.1, 0.15) is 6.61 Å². The predicted octanol–water partition coefficient (Wildman–Crippen LogP) is 4.98. The summed E-state index contributed by atoms with van der Waals surface area (Å²) >= 11 is 5.89. The van der Waals surface area contributed by atoms with Gasteiger partial charge in [-0.2, -0.15) is 0 Å². The maximum atomic E-state index is 12.3. The summed E-state index contributed by atoms with van der Waals surface area (Å²) in [6, 6.07) is 20.6. The van der Waals surface area contributed by atoms with Gasteiger partial charge in [-0.25, -0.2) is 9.78 Å². The van der Waals surface area contributed by atoms with Crippen molar-refractivity contribution in [3.05, 3.63) is 83.0 Å². The normalized spacial score (nSPS) is 11.0. The number of esters is 1. The Balaban J connectivity index is 1.68. The molecule has 3 aromatic carbocycles. The molecule has 2 N–H and O–H groups in total. The van der Waals surface area contributed by atoms with Crippen LogP contribution in [0, 0.1) is 0 Å². The smallest absolute Gasteiger partial charge is 0.338 e. The fourth-order valence-electron chi connectivity index (χ4n) is 2.97. The van der Waals surface area contributed by atoms with Crippen LogP contribution in [0.4, 0.5) is 5.69 Å². The summed E-state index contributed by atoms with van der Waals surface area (Å²) in [7, 11) is 0. The number of halogens is 1. The van der Waals surface area contributed by atoms with Crippen molar-refractivity contribution in [2.75, 3.05) is 5.73 Å². The molecule has 1 aromatic heterocycles. The van der Waals surface area contributed by atoms with E-state index in [1.807, 2.05) is 48.5 Å². The molecule has 4 rings (SSSR count). The number of benzene rings is 3. The Bertz CT molecular complexity index is 1140. The van der Waals surface area contributed by atoms with Crippen molar-refractivity contribution in [2.45, 2.75) is 6.61 Å². The largest absolute Gasteiger partial charge is 0.456 e. The number of hydrogen-bond donors (Lipinski definition) is 1. The second kappa shape index (κ2) is 6.65. The van der Waals surface area contributed by atoms with Crippen LogP contribution in [0.2, 0.25) is 5.02 Å². The quantitative estimate of drug-likeness (QED) is 0.317. The van der Waals surface area contributed by atoms with Crippen molar-refractivity contribution in [3.63, 3.8) is 0 Å². The van der Waals surface area contributed by atoms with Gasteiger partial charge in [0.05, 0.1) is 27.5 Å². The first-order valence-corrected chi connectivity index (χ1v) is 8.50. The number of pyridine rings is 1. The van der Waals surface area contributed by atoms with Gasteiger partial charge in [-0.3, -0.25) is 0 Å². The maximum Gasteiger partial charge on any atom is 0.338 e. The van der Waals surface area contributed by atoms with Crippen LogP contribution >= 0.6 is 11.6 Å². The van der Waals surface area contributed by atoms with Gasteiger partial charge < -0.3 is 10.5 Å². The summed E-state index contributed by atoms with van der Waals surface area (Å²) in [5.74, 6) is -0.465. The summed E-state index contributed by atoms with van der Waals surface area (Å²) in [5.41, 5.74) is 8.04. The molecule has 0 spiro atoms. The number of anilines is 1. The molecule has 0 unspecified atom stereocenters. The zero-order valence-electron chi connectivity index (χ0n) is 13.8. The van der Waals surface area contributed by atoms with Crippen molar-refractivity contribution in [2.24, 2.45) is 0 Å². The van der Waals surface area contributed by atoms with Gasteiger partial charge in [0.25, 0.3) is 0 Å². The van der Waals surface area contributed by atoms with Crippen LogP contribution in [-0.2, 0) is 11.3 Å². The number of hydrogen-bond acceptors (Lipinski definition) is 4. The van der Waals surface area contributed by atoms with E-state index in [0.29, 0.717) is 16.3 Å². The molecule has 0 aliphatic rings. The van der Waals surface area contributed by atoms with E-state index in [-0.39, 0.29) is 6.61 Å². The highest BCUT2D eigenvalue weighted by Crippen LogP contribution is 2.27. The molecule has 5 heteroatoms. The van der Waals surface area contributed by atoms with E-state index in [1.54, 1.807) is 12.1 Å². The van der Waals surface area contributed by atoms with Crippen molar-refractivity contribution in [1.82, 2.24) is 4.98 Å². The van der Waals surface area contributed by atoms with Crippen LogP contribution in [0.5, 0.6) is 0 Å². The lowest BCUT2D eigenvalue weighted by atomic mass is 10.0. The number of ether oxygens (including phenoxy) is 1. The third-order valence-electron chi connectivity index (χ3n) is 4.26. The minimum absolute atomic E-state index is 0.0761. The highest BCUT2D eigenvalue weighted by Gasteiger charge is 2.12. The zero-order valence-corrected chi connectivity index (χ0v) is 14.5. The van der Waals surface area contributed by atoms with Gasteiger partial charge in [0.2, 0.25) is 0 Å². The minimum Gasteiger partial charge on any atom is -0.456 e. The van der Waals surface area contributed by atoms with Gasteiger partial charge in [0.15, 0.2) is 0 Å². The molecule has 0 fully saturated rings. The molecule has 128 valence electrons. The summed E-state index contributed by atoms with van der Waals surface area (Å²) in [5, 5.41) is 3.53. The highest BCUT2D eigenvalue weighted by atomic mass is 35.5. The summed E-state index contributed by atoms with van der Waals surface area (Å²) in [6.45, 7) is 0.0761. The van der Waals surface area contributed by atoms with Crippen molar-refractivity contribution >= 4 is 44.9 Å². The van der Waals surface area contributed by atoms with E-state index in [4.69, 9.17) is 22.1 Å². The first kappa shape index (κ1) is 16.4. The molecular weight excluding hydrogens is 348 g/mol. The number of carbonyl (C=O) groups excluding carboxylic acids is 1. The topological polar surface area (TPSA) is 65.2 Å². The second-order valence-corrected chi connectivity index (χ2v) is 6.34. The monoisotopic (exact) mass is 362 g/mol. The molecule has 26 heavy (non-hydrogen) atoms. The van der Waals surface area contributed by atoms with Gasteiger partial charge in [-0.05, 0) is 29.7 Å². The van der Waals surface area contributed by atoms with Gasteiger partial charge >= 0.3 is 5.97 Å². The zero-order chi connectivity index (χ0) is 18.1. The van der Waals surface area contributed by atoms with E-state index < -0.39 is 5.97 Å². The van der Waals surface area contributed by atoms with Crippen LogP contribution < -0.4 is 5.73 Å². The molecule has 4 aromatic rings. The molecule has 0 radical (unpaired) electrons. The number of nitrogens with zero attached hydrogens (tertiary/aromatic N) is 1. The number of aromatic nitrogens is 1. The lowest BCUT2D eigenvalue weighted by Gasteiger charge is -2.10. The van der Waals surface area contributed by atoms with Crippen molar-refractivity contribution in [3.8, 4) is 0 Å². The lowest BCUT2D eigenvalue weighted by molar-refractivity contribution is 0.0470. The highest BCUT2D eigenvalue weighted by molar-refractivity contribution is 6.33. The third-order valence-corrected chi connectivity index (χ3v) is 4.60. The molecule has 0 saturated heterocycles. The molecule has 0 atom stereocenters. The SMILES string of the molecule is Nc1cc(C(=O)OCc2nc3ccccc3c3ccccc23)ccc1Cl. The Morgan fingerprint density at radius 1 is 0.962 bits per heavy atom. The van der Waals surface area contributed by atoms with Gasteiger partial charge in [-0.15, -0.1) is 0 Å². The van der Waals surface area contributed by atoms with E-state index in [0.717, 1.165) is 27.4 Å². The molecular formula is C21H15ClN2O2. The standard InChI is InChI=1S/C21H15ClN2O2/c22-17-10-9-13(11-18(17)23)21(25)26-12-20-16-7-2-1-5-14(16)15-6-3-4-8-19(15)24-20/h1-11H,12,23H2. The number of para-hydroxylation sites is 1. The van der Waals surface area contributed by atoms with E-state index in [1.165, 1.54) is 6.07 Å². The number of fused-ring (bicyclic) bond motifs is 3. The molecule has 0 saturated carbocycles. The minimum atomic E-state index is -0.465. The van der Waals surface area contributed by atoms with Crippen LogP contribution in [0.15, 0.2) is 66.7 Å². The Hall–Kier alpha value is -3.11. The Morgan fingerprint density at radius 2 is 1.65 bits per heavy atom. The number of rotatable bonds is 3. The number of nitrogen functional groups attached to an aromatic ring is 1. The first-order chi connectivity index (χ1) is 12.6. The Labute approximate surface area is 155 Å². The van der Waals surface area contributed by atoms with Crippen LogP contribution in [0.1, 0.15) is 16.1 Å². The van der Waals surface area contributed by atoms with Gasteiger partial charge in [-0.1, -0.05) is 54.1 Å². The maximum absolute atomic E-state index is 12.3. The fourth-order valence-corrected chi connectivity index (χ4v) is 3.09. The molecule has 0 amide bonds. The third kappa shape index (κ3) is 2.95. The average Bonchev–Trinajstić information content (AvgIpc) is 2.68. The molecule has 4 nitrogen and oxygen atoms in total. The van der Waals surface area contributed by atoms with Gasteiger partial charge in [0, 0.05) is 10.8 Å². The lowest BCUT2D eigenvalue weighted by Crippen LogP contribution is -2.07. The number of nitrogens with two attached hydrogens (primary N) is 1. The van der Waals surface area contributed by atoms with Crippen LogP contribution in [0.3, 0.4) is 0 Å². The second-order valence-electron chi connectivity index (χ2n) is 5.93. The Kier molecular flexibility index (Phi) is 4.19. The predicted molar refractivity (Wildman–Crippen MR) is 104 cm³/mol. The van der Waals surface area contributed by atoms with Crippen molar-refractivity contribution in [1.29, 1.82) is 0 Å². The Morgan fingerprint density at radius 3 is 2.42 bits per heavy atom. The molecule has 1 heterocycles. The van der Waals surface area contributed by atoms with Crippen LogP contribution in [-0.4, -0.2) is 11.0 Å². The fraction of sp³-hybridized carbons (Fsp3) is 0.0476. The summed E-state index contributed by atoms with van der Waals surface area (Å²) in [6.07, 6.45) is 0. The average molecular weight is 363 g/mol. The van der Waals surface area contributed by atoms with Crippen LogP contribution in [0.25, 0.3) is 21.7 Å². The summed E-state index contributed by atoms with van der Waals surface area (Å²) in [4.78, 5) is 17.0. The van der Waals surface area contributed by atoms with E-state index >= 15 is 0 Å². The van der Waals surface area contributed by atoms with E-state index in [2.05, 4.69) is 4.98 Å². The molecule has 0 bridgehead atoms. The molecule has 0 aliphatic heterocycles. The van der Waals surface area contributed by atoms with E-state index in [9.17, 15) is 4.79 Å². The molecule has 0 aliphatic carbocycles. The van der Waals surface area contributed by atoms with Crippen molar-refractivity contribution < 1.29 is 9.53 Å². The first-order valence-electron chi connectivity index (χ1n) is 8.12.